The van der Waals surface area contributed by atoms with E-state index in [0.717, 1.165) is 18.5 Å². The van der Waals surface area contributed by atoms with Crippen molar-refractivity contribution in [3.05, 3.63) is 41.1 Å². The van der Waals surface area contributed by atoms with E-state index in [4.69, 9.17) is 20.8 Å². The minimum Gasteiger partial charge on any atom is -0.440 e. The number of carbonyl (C=O) groups excluding carboxylic acids is 1. The highest BCUT2D eigenvalue weighted by Gasteiger charge is 2.32. The molecule has 0 saturated carbocycles. The molecular weight excluding hydrogens is 294 g/mol. The molecule has 1 saturated heterocycles. The van der Waals surface area contributed by atoms with Crippen LogP contribution in [0.2, 0.25) is 5.22 Å². The van der Waals surface area contributed by atoms with Crippen LogP contribution in [0.3, 0.4) is 0 Å². The van der Waals surface area contributed by atoms with Crippen LogP contribution >= 0.6 is 11.6 Å². The third-order valence-corrected chi connectivity index (χ3v) is 3.71. The molecule has 0 radical (unpaired) electrons. The second-order valence-electron chi connectivity index (χ2n) is 4.89. The fourth-order valence-corrected chi connectivity index (χ4v) is 2.59. The molecule has 1 aliphatic heterocycles. The number of halogens is 1. The normalized spacial score (nSPS) is 21.6. The third-order valence-electron chi connectivity index (χ3n) is 3.51. The van der Waals surface area contributed by atoms with Gasteiger partial charge in [-0.3, -0.25) is 9.48 Å². The molecule has 7 heteroatoms. The van der Waals surface area contributed by atoms with Gasteiger partial charge in [-0.25, -0.2) is 0 Å². The Balaban J connectivity index is 1.70. The molecule has 0 bridgehead atoms. The lowest BCUT2D eigenvalue weighted by atomic mass is 10.1. The van der Waals surface area contributed by atoms with E-state index in [0.29, 0.717) is 6.61 Å². The Bertz CT molecular complexity index is 637. The number of amides is 1. The Labute approximate surface area is 127 Å². The molecule has 6 nitrogen and oxygen atoms in total. The predicted octanol–water partition coefficient (Wildman–Crippen LogP) is 2.41. The molecule has 1 fully saturated rings. The molecule has 0 aliphatic carbocycles. The lowest BCUT2D eigenvalue weighted by Gasteiger charge is -2.18. The average Bonchev–Trinajstić information content (AvgIpc) is 3.17. The Kier molecular flexibility index (Phi) is 3.98. The van der Waals surface area contributed by atoms with E-state index in [2.05, 4.69) is 10.4 Å². The van der Waals surface area contributed by atoms with Gasteiger partial charge in [0.1, 0.15) is 6.10 Å². The number of nitrogens with zero attached hydrogens (tertiary/aromatic N) is 2. The van der Waals surface area contributed by atoms with E-state index < -0.39 is 0 Å². The van der Waals surface area contributed by atoms with Gasteiger partial charge in [0.25, 0.3) is 5.91 Å². The zero-order valence-corrected chi connectivity index (χ0v) is 12.3. The molecule has 0 unspecified atom stereocenters. The highest BCUT2D eigenvalue weighted by atomic mass is 35.5. The smallest absolute Gasteiger partial charge is 0.287 e. The largest absolute Gasteiger partial charge is 0.440 e. The van der Waals surface area contributed by atoms with Crippen molar-refractivity contribution in [3.63, 3.8) is 0 Å². The molecular formula is C14H16ClN3O3. The average molecular weight is 310 g/mol. The van der Waals surface area contributed by atoms with E-state index in [1.165, 1.54) is 0 Å². The number of furan rings is 1. The van der Waals surface area contributed by atoms with Gasteiger partial charge in [-0.05, 0) is 37.1 Å². The summed E-state index contributed by atoms with van der Waals surface area (Å²) in [7, 11) is 0. The Morgan fingerprint density at radius 2 is 2.43 bits per heavy atom. The molecule has 0 aromatic carbocycles. The lowest BCUT2D eigenvalue weighted by Crippen LogP contribution is -2.36. The van der Waals surface area contributed by atoms with Crippen LogP contribution in [-0.4, -0.2) is 28.3 Å². The highest BCUT2D eigenvalue weighted by Crippen LogP contribution is 2.29. The van der Waals surface area contributed by atoms with Crippen LogP contribution in [0.25, 0.3) is 0 Å². The molecule has 3 rings (SSSR count). The van der Waals surface area contributed by atoms with Gasteiger partial charge >= 0.3 is 0 Å². The maximum Gasteiger partial charge on any atom is 0.287 e. The summed E-state index contributed by atoms with van der Waals surface area (Å²) in [6.45, 7) is 3.42. The van der Waals surface area contributed by atoms with Gasteiger partial charge in [0.05, 0.1) is 12.2 Å². The molecule has 112 valence electrons. The summed E-state index contributed by atoms with van der Waals surface area (Å²) in [4.78, 5) is 12.1. The van der Waals surface area contributed by atoms with Crippen molar-refractivity contribution in [1.29, 1.82) is 0 Å². The number of nitrogens with one attached hydrogen (secondary N) is 1. The number of rotatable bonds is 4. The summed E-state index contributed by atoms with van der Waals surface area (Å²) < 4.78 is 12.7. The van der Waals surface area contributed by atoms with Crippen molar-refractivity contribution in [3.8, 4) is 0 Å². The summed E-state index contributed by atoms with van der Waals surface area (Å²) >= 11 is 5.68. The van der Waals surface area contributed by atoms with Gasteiger partial charge in [-0.2, -0.15) is 5.10 Å². The van der Waals surface area contributed by atoms with Crippen LogP contribution in [-0.2, 0) is 11.3 Å². The zero-order valence-electron chi connectivity index (χ0n) is 11.6. The van der Waals surface area contributed by atoms with E-state index in [1.807, 2.05) is 17.8 Å². The van der Waals surface area contributed by atoms with Gasteiger partial charge < -0.3 is 14.5 Å². The fraction of sp³-hybridized carbons (Fsp3) is 0.429. The van der Waals surface area contributed by atoms with Crippen molar-refractivity contribution in [2.24, 2.45) is 0 Å². The number of carbonyl (C=O) groups is 1. The number of hydrogen-bond acceptors (Lipinski definition) is 4. The first kappa shape index (κ1) is 14.2. The maximum absolute atomic E-state index is 12.1. The van der Waals surface area contributed by atoms with Crippen LogP contribution in [0, 0.1) is 0 Å². The van der Waals surface area contributed by atoms with E-state index >= 15 is 0 Å². The Hall–Kier alpha value is -1.79. The van der Waals surface area contributed by atoms with E-state index in [9.17, 15) is 4.79 Å². The molecule has 1 N–H and O–H groups in total. The monoisotopic (exact) mass is 309 g/mol. The molecule has 1 amide bonds. The van der Waals surface area contributed by atoms with Gasteiger partial charge in [0.2, 0.25) is 0 Å². The van der Waals surface area contributed by atoms with Crippen molar-refractivity contribution in [1.82, 2.24) is 15.1 Å². The number of ether oxygens (including phenoxy) is 1. The molecule has 2 atom stereocenters. The van der Waals surface area contributed by atoms with Crippen LogP contribution in [0.1, 0.15) is 35.6 Å². The molecule has 3 heterocycles. The van der Waals surface area contributed by atoms with Gasteiger partial charge in [-0.15, -0.1) is 0 Å². The van der Waals surface area contributed by atoms with E-state index in [1.54, 1.807) is 18.3 Å². The maximum atomic E-state index is 12.1. The number of aromatic nitrogens is 2. The minimum atomic E-state index is -0.287. The topological polar surface area (TPSA) is 69.3 Å². The summed E-state index contributed by atoms with van der Waals surface area (Å²) in [6, 6.07) is 3.00. The van der Waals surface area contributed by atoms with Crippen molar-refractivity contribution in [2.75, 3.05) is 6.61 Å². The third kappa shape index (κ3) is 2.96. The van der Waals surface area contributed by atoms with Crippen LogP contribution in [0.5, 0.6) is 0 Å². The first-order chi connectivity index (χ1) is 10.2. The van der Waals surface area contributed by atoms with Gasteiger partial charge in [0, 0.05) is 24.9 Å². The van der Waals surface area contributed by atoms with Gasteiger partial charge in [0.15, 0.2) is 11.0 Å². The van der Waals surface area contributed by atoms with Crippen LogP contribution in [0.15, 0.2) is 28.9 Å². The predicted molar refractivity (Wildman–Crippen MR) is 76.2 cm³/mol. The minimum absolute atomic E-state index is 0.101. The summed E-state index contributed by atoms with van der Waals surface area (Å²) in [5, 5.41) is 7.37. The second-order valence-corrected chi connectivity index (χ2v) is 5.27. The molecule has 1 aliphatic rings. The zero-order chi connectivity index (χ0) is 14.8. The first-order valence-corrected chi connectivity index (χ1v) is 7.25. The second kappa shape index (κ2) is 5.91. The van der Waals surface area contributed by atoms with Crippen LogP contribution in [0.4, 0.5) is 0 Å². The standard InChI is InChI=1S/C14H16ClN3O3/c1-2-18-8-9(7-16-18)13-10(5-6-20-13)17-14(19)11-3-4-12(15)21-11/h3-4,7-8,10,13H,2,5-6H2,1H3,(H,17,19)/t10-,13+/m0/s1. The molecule has 2 aromatic heterocycles. The Morgan fingerprint density at radius 3 is 3.10 bits per heavy atom. The molecule has 21 heavy (non-hydrogen) atoms. The van der Waals surface area contributed by atoms with Crippen molar-refractivity contribution >= 4 is 17.5 Å². The summed E-state index contributed by atoms with van der Waals surface area (Å²) in [6.07, 6.45) is 4.29. The van der Waals surface area contributed by atoms with Crippen molar-refractivity contribution in [2.45, 2.75) is 32.0 Å². The quantitative estimate of drug-likeness (QED) is 0.941. The van der Waals surface area contributed by atoms with Gasteiger partial charge in [-0.1, -0.05) is 0 Å². The fourth-order valence-electron chi connectivity index (χ4n) is 2.44. The number of hydrogen-bond donors (Lipinski definition) is 1. The SMILES string of the molecule is CCn1cc([C@H]2OCC[C@@H]2NC(=O)c2ccc(Cl)o2)cn1. The van der Waals surface area contributed by atoms with Crippen molar-refractivity contribution < 1.29 is 13.9 Å². The summed E-state index contributed by atoms with van der Waals surface area (Å²) in [5.74, 6) is -0.0832. The number of aryl methyl sites for hydroxylation is 1. The highest BCUT2D eigenvalue weighted by molar-refractivity contribution is 6.29. The molecule has 0 spiro atoms. The van der Waals surface area contributed by atoms with E-state index in [-0.39, 0.29) is 29.0 Å². The summed E-state index contributed by atoms with van der Waals surface area (Å²) in [5.41, 5.74) is 0.970. The lowest BCUT2D eigenvalue weighted by molar-refractivity contribution is 0.0801. The molecule has 2 aromatic rings. The first-order valence-electron chi connectivity index (χ1n) is 6.87. The van der Waals surface area contributed by atoms with Crippen LogP contribution < -0.4 is 5.32 Å². The Morgan fingerprint density at radius 1 is 1.57 bits per heavy atom.